The SMILES string of the molecule is CCC1(COCCSCCSCCOCC2(CC)COC2)COC1. The van der Waals surface area contributed by atoms with Gasteiger partial charge >= 0.3 is 0 Å². The van der Waals surface area contributed by atoms with Crippen LogP contribution in [-0.4, -0.2) is 75.9 Å². The van der Waals surface area contributed by atoms with E-state index in [-0.39, 0.29) is 0 Å². The molecular weight excluding hydrogens is 344 g/mol. The quantitative estimate of drug-likeness (QED) is 0.407. The fraction of sp³-hybridized carbons (Fsp3) is 1.00. The molecule has 0 aliphatic carbocycles. The molecule has 0 radical (unpaired) electrons. The van der Waals surface area contributed by atoms with E-state index in [0.29, 0.717) is 10.8 Å². The highest BCUT2D eigenvalue weighted by Crippen LogP contribution is 2.32. The molecule has 0 amide bonds. The van der Waals surface area contributed by atoms with Gasteiger partial charge in [-0.2, -0.15) is 23.5 Å². The van der Waals surface area contributed by atoms with Gasteiger partial charge in [-0.3, -0.25) is 0 Å². The zero-order chi connectivity index (χ0) is 17.1. The molecule has 2 aliphatic rings. The Morgan fingerprint density at radius 1 is 0.708 bits per heavy atom. The van der Waals surface area contributed by atoms with E-state index in [9.17, 15) is 0 Å². The Morgan fingerprint density at radius 3 is 1.42 bits per heavy atom. The molecule has 6 heteroatoms. The van der Waals surface area contributed by atoms with Gasteiger partial charge in [0.25, 0.3) is 0 Å². The van der Waals surface area contributed by atoms with Crippen molar-refractivity contribution < 1.29 is 18.9 Å². The molecule has 2 rings (SSSR count). The summed E-state index contributed by atoms with van der Waals surface area (Å²) >= 11 is 3.97. The molecule has 0 spiro atoms. The van der Waals surface area contributed by atoms with E-state index in [1.54, 1.807) is 0 Å². The van der Waals surface area contributed by atoms with E-state index in [0.717, 1.165) is 77.2 Å². The smallest absolute Gasteiger partial charge is 0.0567 e. The molecular formula is C18H34O4S2. The Bertz CT molecular complexity index is 290. The third-order valence-electron chi connectivity index (χ3n) is 5.07. The monoisotopic (exact) mass is 378 g/mol. The number of thioether (sulfide) groups is 2. The molecule has 0 saturated carbocycles. The van der Waals surface area contributed by atoms with Gasteiger partial charge in [0.2, 0.25) is 0 Å². The molecule has 0 atom stereocenters. The Balaban J connectivity index is 1.30. The summed E-state index contributed by atoms with van der Waals surface area (Å²) in [5.41, 5.74) is 0.644. The Kier molecular flexibility index (Phi) is 9.81. The fourth-order valence-corrected chi connectivity index (χ4v) is 4.52. The summed E-state index contributed by atoms with van der Waals surface area (Å²) in [6, 6.07) is 0. The van der Waals surface area contributed by atoms with Gasteiger partial charge < -0.3 is 18.9 Å². The lowest BCUT2D eigenvalue weighted by Gasteiger charge is -2.40. The minimum atomic E-state index is 0.322. The molecule has 2 fully saturated rings. The van der Waals surface area contributed by atoms with Crippen LogP contribution in [0.25, 0.3) is 0 Å². The van der Waals surface area contributed by atoms with E-state index in [4.69, 9.17) is 18.9 Å². The lowest BCUT2D eigenvalue weighted by molar-refractivity contribution is -0.148. The van der Waals surface area contributed by atoms with Crippen LogP contribution in [-0.2, 0) is 18.9 Å². The summed E-state index contributed by atoms with van der Waals surface area (Å²) in [7, 11) is 0. The van der Waals surface area contributed by atoms with Gasteiger partial charge in [-0.25, -0.2) is 0 Å². The van der Waals surface area contributed by atoms with Crippen molar-refractivity contribution in [1.29, 1.82) is 0 Å². The molecule has 0 aromatic heterocycles. The standard InChI is InChI=1S/C18H34O4S2/c1-3-17(13-21-14-17)11-19-5-7-23-9-10-24-8-6-20-12-18(4-2)15-22-16-18/h3-16H2,1-2H3. The van der Waals surface area contributed by atoms with Crippen molar-refractivity contribution in [1.82, 2.24) is 0 Å². The van der Waals surface area contributed by atoms with E-state index in [1.807, 2.05) is 23.5 Å². The van der Waals surface area contributed by atoms with Crippen LogP contribution >= 0.6 is 23.5 Å². The first kappa shape index (κ1) is 20.8. The molecule has 2 saturated heterocycles. The topological polar surface area (TPSA) is 36.9 Å². The molecule has 2 aliphatic heterocycles. The van der Waals surface area contributed by atoms with E-state index in [1.165, 1.54) is 11.5 Å². The maximum absolute atomic E-state index is 5.81. The van der Waals surface area contributed by atoms with Gasteiger partial charge in [0, 0.05) is 33.8 Å². The average molecular weight is 379 g/mol. The summed E-state index contributed by atoms with van der Waals surface area (Å²) in [6.07, 6.45) is 2.32. The van der Waals surface area contributed by atoms with Crippen molar-refractivity contribution >= 4 is 23.5 Å². The summed E-state index contributed by atoms with van der Waals surface area (Å²) in [6.45, 7) is 11.4. The number of rotatable bonds is 15. The van der Waals surface area contributed by atoms with Gasteiger partial charge in [-0.05, 0) is 12.8 Å². The van der Waals surface area contributed by atoms with Crippen LogP contribution < -0.4 is 0 Å². The largest absolute Gasteiger partial charge is 0.380 e. The van der Waals surface area contributed by atoms with Gasteiger partial charge in [-0.15, -0.1) is 0 Å². The molecule has 0 aromatic carbocycles. The molecule has 24 heavy (non-hydrogen) atoms. The second-order valence-electron chi connectivity index (χ2n) is 7.02. The van der Waals surface area contributed by atoms with E-state index in [2.05, 4.69) is 13.8 Å². The average Bonchev–Trinajstić information content (AvgIpc) is 2.52. The Hall–Kier alpha value is 0.540. The molecule has 2 heterocycles. The first-order chi connectivity index (χ1) is 11.7. The fourth-order valence-electron chi connectivity index (χ4n) is 2.70. The van der Waals surface area contributed by atoms with Gasteiger partial charge in [0.1, 0.15) is 0 Å². The molecule has 0 bridgehead atoms. The Labute approximate surface area is 156 Å². The second-order valence-corrected chi connectivity index (χ2v) is 9.47. The zero-order valence-corrected chi connectivity index (χ0v) is 17.0. The van der Waals surface area contributed by atoms with Crippen molar-refractivity contribution in [3.05, 3.63) is 0 Å². The van der Waals surface area contributed by atoms with Crippen molar-refractivity contribution in [3.8, 4) is 0 Å². The summed E-state index contributed by atoms with van der Waals surface area (Å²) < 4.78 is 22.2. The molecule has 142 valence electrons. The summed E-state index contributed by atoms with van der Waals surface area (Å²) in [5.74, 6) is 4.58. The van der Waals surface area contributed by atoms with E-state index < -0.39 is 0 Å². The van der Waals surface area contributed by atoms with Crippen molar-refractivity contribution in [3.63, 3.8) is 0 Å². The predicted octanol–water partition coefficient (Wildman–Crippen LogP) is 3.34. The van der Waals surface area contributed by atoms with Gasteiger partial charge in [0.05, 0.1) is 52.9 Å². The van der Waals surface area contributed by atoms with Crippen LogP contribution in [0, 0.1) is 10.8 Å². The first-order valence-electron chi connectivity index (χ1n) is 9.21. The van der Waals surface area contributed by atoms with Crippen molar-refractivity contribution in [2.75, 3.05) is 75.9 Å². The maximum atomic E-state index is 5.81. The molecule has 0 N–H and O–H groups in total. The van der Waals surface area contributed by atoms with Crippen LogP contribution in [0.15, 0.2) is 0 Å². The molecule has 4 nitrogen and oxygen atoms in total. The first-order valence-corrected chi connectivity index (χ1v) is 11.5. The highest BCUT2D eigenvalue weighted by Gasteiger charge is 2.37. The lowest BCUT2D eigenvalue weighted by atomic mass is 9.84. The van der Waals surface area contributed by atoms with Gasteiger partial charge in [0.15, 0.2) is 0 Å². The predicted molar refractivity (Wildman–Crippen MR) is 103 cm³/mol. The highest BCUT2D eigenvalue weighted by atomic mass is 32.2. The third kappa shape index (κ3) is 6.69. The second kappa shape index (κ2) is 11.3. The third-order valence-corrected chi connectivity index (χ3v) is 7.22. The maximum Gasteiger partial charge on any atom is 0.0567 e. The number of hydrogen-bond donors (Lipinski definition) is 0. The summed E-state index contributed by atoms with van der Waals surface area (Å²) in [4.78, 5) is 0. The van der Waals surface area contributed by atoms with Crippen LogP contribution in [0.2, 0.25) is 0 Å². The van der Waals surface area contributed by atoms with Crippen molar-refractivity contribution in [2.24, 2.45) is 10.8 Å². The summed E-state index contributed by atoms with van der Waals surface area (Å²) in [5, 5.41) is 0. The minimum Gasteiger partial charge on any atom is -0.380 e. The normalized spacial score (nSPS) is 21.2. The zero-order valence-electron chi connectivity index (χ0n) is 15.3. The lowest BCUT2D eigenvalue weighted by Crippen LogP contribution is -2.45. The minimum absolute atomic E-state index is 0.322. The van der Waals surface area contributed by atoms with Crippen LogP contribution in [0.4, 0.5) is 0 Å². The van der Waals surface area contributed by atoms with Gasteiger partial charge in [-0.1, -0.05) is 13.8 Å². The van der Waals surface area contributed by atoms with Crippen LogP contribution in [0.1, 0.15) is 26.7 Å². The number of hydrogen-bond acceptors (Lipinski definition) is 6. The molecule has 0 aromatic rings. The Morgan fingerprint density at radius 2 is 1.12 bits per heavy atom. The van der Waals surface area contributed by atoms with Crippen molar-refractivity contribution in [2.45, 2.75) is 26.7 Å². The number of ether oxygens (including phenoxy) is 4. The highest BCUT2D eigenvalue weighted by molar-refractivity contribution is 8.02. The van der Waals surface area contributed by atoms with Crippen LogP contribution in [0.5, 0.6) is 0 Å². The molecule has 0 unspecified atom stereocenters. The van der Waals surface area contributed by atoms with Crippen LogP contribution in [0.3, 0.4) is 0 Å². The van der Waals surface area contributed by atoms with E-state index >= 15 is 0 Å².